The van der Waals surface area contributed by atoms with E-state index in [9.17, 15) is 14.4 Å². The summed E-state index contributed by atoms with van der Waals surface area (Å²) in [5.74, 6) is -0.632. The summed E-state index contributed by atoms with van der Waals surface area (Å²) in [7, 11) is 9.23. The highest BCUT2D eigenvalue weighted by molar-refractivity contribution is 6.14. The Hall–Kier alpha value is -4.71. The summed E-state index contributed by atoms with van der Waals surface area (Å²) in [6.07, 6.45) is 0. The fraction of sp³-hybridized carbons (Fsp3) is 0.156. The Balaban J connectivity index is 0.000000212. The smallest absolute Gasteiger partial charge is 0.338 e. The van der Waals surface area contributed by atoms with E-state index in [1.54, 1.807) is 48.5 Å². The molecule has 4 aromatic rings. The average molecular weight is 509 g/mol. The van der Waals surface area contributed by atoms with Gasteiger partial charge in [-0.1, -0.05) is 48.5 Å². The van der Waals surface area contributed by atoms with Gasteiger partial charge >= 0.3 is 5.97 Å². The van der Waals surface area contributed by atoms with Crippen molar-refractivity contribution in [2.45, 2.75) is 0 Å². The standard InChI is InChI=1S/C17H20N2O.C15H12O3/c1-18(2)15-9-5-13(6-10-15)17(20)14-7-11-16(12-8-14)19(3)4;1-18-15(17)13-10-6-5-9-12(13)14(16)11-7-3-2-4-8-11/h5-12H,1-4H3;2-10H,1H3. The number of carbonyl (C=O) groups is 3. The van der Waals surface area contributed by atoms with Gasteiger partial charge in [0.25, 0.3) is 0 Å². The Morgan fingerprint density at radius 2 is 0.895 bits per heavy atom. The Labute approximate surface area is 224 Å². The number of benzene rings is 4. The van der Waals surface area contributed by atoms with Crippen molar-refractivity contribution in [2.75, 3.05) is 45.1 Å². The molecule has 0 aliphatic carbocycles. The number of methoxy groups -OCH3 is 1. The highest BCUT2D eigenvalue weighted by Crippen LogP contribution is 2.18. The van der Waals surface area contributed by atoms with Crippen LogP contribution in [0.25, 0.3) is 0 Å². The van der Waals surface area contributed by atoms with E-state index in [1.807, 2.05) is 92.6 Å². The van der Waals surface area contributed by atoms with Crippen LogP contribution in [-0.2, 0) is 4.74 Å². The maximum absolute atomic E-state index is 12.4. The van der Waals surface area contributed by atoms with Gasteiger partial charge in [0.2, 0.25) is 0 Å². The van der Waals surface area contributed by atoms with Crippen LogP contribution in [0.5, 0.6) is 0 Å². The van der Waals surface area contributed by atoms with E-state index < -0.39 is 5.97 Å². The molecule has 0 radical (unpaired) electrons. The number of carbonyl (C=O) groups excluding carboxylic acids is 3. The number of nitrogens with zero attached hydrogens (tertiary/aromatic N) is 2. The van der Waals surface area contributed by atoms with Crippen molar-refractivity contribution in [2.24, 2.45) is 0 Å². The second-order valence-corrected chi connectivity index (χ2v) is 8.94. The third-order valence-electron chi connectivity index (χ3n) is 5.90. The zero-order chi connectivity index (χ0) is 27.7. The molecule has 0 fully saturated rings. The highest BCUT2D eigenvalue weighted by atomic mass is 16.5. The largest absolute Gasteiger partial charge is 0.465 e. The molecule has 0 saturated carbocycles. The van der Waals surface area contributed by atoms with Gasteiger partial charge in [-0.3, -0.25) is 9.59 Å². The normalized spacial score (nSPS) is 10.0. The molecule has 38 heavy (non-hydrogen) atoms. The molecule has 0 aliphatic rings. The van der Waals surface area contributed by atoms with Gasteiger partial charge in [0.1, 0.15) is 0 Å². The first-order valence-corrected chi connectivity index (χ1v) is 12.1. The van der Waals surface area contributed by atoms with Crippen molar-refractivity contribution in [3.05, 3.63) is 131 Å². The van der Waals surface area contributed by atoms with Crippen LogP contribution < -0.4 is 9.80 Å². The zero-order valence-corrected chi connectivity index (χ0v) is 22.3. The highest BCUT2D eigenvalue weighted by Gasteiger charge is 2.17. The lowest BCUT2D eigenvalue weighted by Crippen LogP contribution is -2.11. The molecule has 0 N–H and O–H groups in total. The van der Waals surface area contributed by atoms with E-state index in [0.29, 0.717) is 22.3 Å². The molecule has 6 heteroatoms. The molecule has 0 amide bonds. The summed E-state index contributed by atoms with van der Waals surface area (Å²) in [4.78, 5) is 40.3. The number of rotatable bonds is 7. The molecule has 0 atom stereocenters. The number of esters is 1. The Morgan fingerprint density at radius 3 is 1.32 bits per heavy atom. The van der Waals surface area contributed by atoms with Gasteiger partial charge in [-0.15, -0.1) is 0 Å². The summed E-state index contributed by atoms with van der Waals surface area (Å²) in [5.41, 5.74) is 4.80. The SMILES string of the molecule is CN(C)c1ccc(C(=O)c2ccc(N(C)C)cc2)cc1.COC(=O)c1ccccc1C(=O)c1ccccc1. The molecule has 6 nitrogen and oxygen atoms in total. The fourth-order valence-corrected chi connectivity index (χ4v) is 3.70. The van der Waals surface area contributed by atoms with Crippen LogP contribution in [0.3, 0.4) is 0 Å². The molecule has 0 spiro atoms. The topological polar surface area (TPSA) is 66.9 Å². The Kier molecular flexibility index (Phi) is 9.54. The van der Waals surface area contributed by atoms with Gasteiger partial charge in [-0.2, -0.15) is 0 Å². The molecule has 0 aliphatic heterocycles. The first kappa shape index (κ1) is 27.9. The summed E-state index contributed by atoms with van der Waals surface area (Å²) < 4.78 is 4.67. The summed E-state index contributed by atoms with van der Waals surface area (Å²) in [5, 5.41) is 0. The average Bonchev–Trinajstić information content (AvgIpc) is 2.96. The molecule has 4 aromatic carbocycles. The minimum atomic E-state index is -0.505. The van der Waals surface area contributed by atoms with Gasteiger partial charge in [0.05, 0.1) is 12.7 Å². The third kappa shape index (κ3) is 6.95. The van der Waals surface area contributed by atoms with Gasteiger partial charge in [0, 0.05) is 61.8 Å². The fourth-order valence-electron chi connectivity index (χ4n) is 3.70. The molecule has 0 heterocycles. The minimum absolute atomic E-state index is 0.0561. The second kappa shape index (κ2) is 13.0. The number of ketones is 2. The lowest BCUT2D eigenvalue weighted by molar-refractivity contribution is 0.0597. The maximum Gasteiger partial charge on any atom is 0.338 e. The van der Waals surface area contributed by atoms with E-state index in [-0.39, 0.29) is 17.1 Å². The lowest BCUT2D eigenvalue weighted by Gasteiger charge is -2.13. The number of hydrogen-bond donors (Lipinski definition) is 0. The Morgan fingerprint density at radius 1 is 0.500 bits per heavy atom. The third-order valence-corrected chi connectivity index (χ3v) is 5.90. The molecular weight excluding hydrogens is 476 g/mol. The molecular formula is C32H32N2O4. The predicted molar refractivity (Wildman–Crippen MR) is 153 cm³/mol. The molecule has 0 bridgehead atoms. The Bertz CT molecular complexity index is 1320. The van der Waals surface area contributed by atoms with Crippen molar-refractivity contribution in [3.63, 3.8) is 0 Å². The van der Waals surface area contributed by atoms with Crippen molar-refractivity contribution >= 4 is 28.9 Å². The zero-order valence-electron chi connectivity index (χ0n) is 22.3. The van der Waals surface area contributed by atoms with Crippen LogP contribution in [0.2, 0.25) is 0 Å². The van der Waals surface area contributed by atoms with Gasteiger partial charge < -0.3 is 14.5 Å². The van der Waals surface area contributed by atoms with Crippen molar-refractivity contribution in [1.29, 1.82) is 0 Å². The summed E-state index contributed by atoms with van der Waals surface area (Å²) in [6, 6.07) is 30.8. The van der Waals surface area contributed by atoms with Crippen LogP contribution in [0.4, 0.5) is 11.4 Å². The predicted octanol–water partition coefficient (Wildman–Crippen LogP) is 5.75. The van der Waals surface area contributed by atoms with E-state index in [1.165, 1.54) is 7.11 Å². The van der Waals surface area contributed by atoms with E-state index in [4.69, 9.17) is 0 Å². The van der Waals surface area contributed by atoms with E-state index >= 15 is 0 Å². The van der Waals surface area contributed by atoms with Gasteiger partial charge in [0.15, 0.2) is 11.6 Å². The summed E-state index contributed by atoms with van der Waals surface area (Å²) in [6.45, 7) is 0. The van der Waals surface area contributed by atoms with Crippen LogP contribution >= 0.6 is 0 Å². The molecule has 194 valence electrons. The van der Waals surface area contributed by atoms with Crippen LogP contribution in [0.1, 0.15) is 42.2 Å². The van der Waals surface area contributed by atoms with Crippen molar-refractivity contribution in [3.8, 4) is 0 Å². The molecule has 0 saturated heterocycles. The van der Waals surface area contributed by atoms with Crippen LogP contribution in [-0.4, -0.2) is 52.8 Å². The molecule has 0 unspecified atom stereocenters. The second-order valence-electron chi connectivity index (χ2n) is 8.94. The first-order chi connectivity index (χ1) is 18.2. The first-order valence-electron chi connectivity index (χ1n) is 12.1. The molecule has 0 aromatic heterocycles. The maximum atomic E-state index is 12.4. The minimum Gasteiger partial charge on any atom is -0.465 e. The van der Waals surface area contributed by atoms with Crippen LogP contribution in [0, 0.1) is 0 Å². The number of ether oxygens (including phenoxy) is 1. The monoisotopic (exact) mass is 508 g/mol. The van der Waals surface area contributed by atoms with E-state index in [2.05, 4.69) is 4.74 Å². The van der Waals surface area contributed by atoms with Crippen LogP contribution in [0.15, 0.2) is 103 Å². The lowest BCUT2D eigenvalue weighted by atomic mass is 9.98. The number of anilines is 2. The quantitative estimate of drug-likeness (QED) is 0.234. The molecule has 4 rings (SSSR count). The summed E-state index contributed by atoms with van der Waals surface area (Å²) >= 11 is 0. The van der Waals surface area contributed by atoms with Crippen molar-refractivity contribution in [1.82, 2.24) is 0 Å². The van der Waals surface area contributed by atoms with Gasteiger partial charge in [-0.25, -0.2) is 4.79 Å². The van der Waals surface area contributed by atoms with E-state index in [0.717, 1.165) is 11.4 Å². The van der Waals surface area contributed by atoms with Crippen molar-refractivity contribution < 1.29 is 19.1 Å². The van der Waals surface area contributed by atoms with Gasteiger partial charge in [-0.05, 0) is 54.6 Å². The number of hydrogen-bond acceptors (Lipinski definition) is 6.